The summed E-state index contributed by atoms with van der Waals surface area (Å²) in [6.07, 6.45) is 1.11. The molecule has 0 radical (unpaired) electrons. The first-order valence-electron chi connectivity index (χ1n) is 9.10. The molecule has 2 rings (SSSR count). The maximum absolute atomic E-state index is 12.3. The Balaban J connectivity index is 1.74. The van der Waals surface area contributed by atoms with E-state index in [9.17, 15) is 14.4 Å². The number of nitrogens with zero attached hydrogens (tertiary/aromatic N) is 1. The Morgan fingerprint density at radius 2 is 1.70 bits per heavy atom. The average molecular weight is 376 g/mol. The van der Waals surface area contributed by atoms with Gasteiger partial charge in [0.15, 0.2) is 6.61 Å². The van der Waals surface area contributed by atoms with E-state index in [4.69, 9.17) is 9.47 Å². The van der Waals surface area contributed by atoms with Gasteiger partial charge in [0.25, 0.3) is 5.91 Å². The van der Waals surface area contributed by atoms with E-state index in [-0.39, 0.29) is 24.4 Å². The minimum absolute atomic E-state index is 0.0909. The summed E-state index contributed by atoms with van der Waals surface area (Å²) in [6, 6.07) is 6.88. The fourth-order valence-electron chi connectivity index (χ4n) is 2.92. The standard InChI is InChI=1S/C20H28N2O5/c1-20(2,3)19(25)22-11-9-14(10-12-22)18(24)27-13-17(23)21-15-5-7-16(26-4)8-6-15/h5-8,14H,9-13H2,1-4H3,(H,21,23). The third kappa shape index (κ3) is 5.98. The van der Waals surface area contributed by atoms with E-state index in [0.717, 1.165) is 0 Å². The minimum Gasteiger partial charge on any atom is -0.497 e. The lowest BCUT2D eigenvalue weighted by Gasteiger charge is -2.34. The van der Waals surface area contributed by atoms with Crippen molar-refractivity contribution in [3.63, 3.8) is 0 Å². The predicted molar refractivity (Wildman–Crippen MR) is 101 cm³/mol. The van der Waals surface area contributed by atoms with Gasteiger partial charge in [0, 0.05) is 24.2 Å². The van der Waals surface area contributed by atoms with Crippen molar-refractivity contribution in [3.05, 3.63) is 24.3 Å². The number of carbonyl (C=O) groups excluding carboxylic acids is 3. The first-order chi connectivity index (χ1) is 12.7. The van der Waals surface area contributed by atoms with Gasteiger partial charge in [-0.25, -0.2) is 0 Å². The van der Waals surface area contributed by atoms with Crippen molar-refractivity contribution in [2.24, 2.45) is 11.3 Å². The van der Waals surface area contributed by atoms with Gasteiger partial charge in [0.05, 0.1) is 13.0 Å². The van der Waals surface area contributed by atoms with Crippen LogP contribution in [0.1, 0.15) is 33.6 Å². The molecule has 1 saturated heterocycles. The molecule has 1 N–H and O–H groups in total. The Labute approximate surface area is 160 Å². The maximum atomic E-state index is 12.3. The number of nitrogens with one attached hydrogen (secondary N) is 1. The molecule has 0 bridgehead atoms. The highest BCUT2D eigenvalue weighted by molar-refractivity contribution is 5.93. The molecule has 27 heavy (non-hydrogen) atoms. The van der Waals surface area contributed by atoms with Gasteiger partial charge in [-0.1, -0.05) is 20.8 Å². The summed E-state index contributed by atoms with van der Waals surface area (Å²) in [5.41, 5.74) is 0.179. The van der Waals surface area contributed by atoms with Gasteiger partial charge >= 0.3 is 5.97 Å². The number of rotatable bonds is 5. The SMILES string of the molecule is COc1ccc(NC(=O)COC(=O)C2CCN(C(=O)C(C)(C)C)CC2)cc1. The lowest BCUT2D eigenvalue weighted by Crippen LogP contribution is -2.45. The van der Waals surface area contributed by atoms with Crippen LogP contribution in [0, 0.1) is 11.3 Å². The molecule has 1 heterocycles. The molecule has 1 fully saturated rings. The summed E-state index contributed by atoms with van der Waals surface area (Å²) >= 11 is 0. The number of hydrogen-bond acceptors (Lipinski definition) is 5. The van der Waals surface area contributed by atoms with Crippen LogP contribution in [-0.2, 0) is 19.1 Å². The second-order valence-electron chi connectivity index (χ2n) is 7.70. The lowest BCUT2D eigenvalue weighted by molar-refractivity contribution is -0.155. The number of amides is 2. The summed E-state index contributed by atoms with van der Waals surface area (Å²) < 4.78 is 10.2. The Kier molecular flexibility index (Phi) is 6.82. The molecule has 1 aromatic carbocycles. The van der Waals surface area contributed by atoms with Crippen LogP contribution in [0.15, 0.2) is 24.3 Å². The summed E-state index contributed by atoms with van der Waals surface area (Å²) in [7, 11) is 1.57. The van der Waals surface area contributed by atoms with E-state index < -0.39 is 11.3 Å². The van der Waals surface area contributed by atoms with Gasteiger partial charge in [0.2, 0.25) is 5.91 Å². The van der Waals surface area contributed by atoms with Crippen molar-refractivity contribution in [3.8, 4) is 5.75 Å². The van der Waals surface area contributed by atoms with Crippen molar-refractivity contribution in [1.82, 2.24) is 4.90 Å². The normalized spacial score (nSPS) is 15.2. The summed E-state index contributed by atoms with van der Waals surface area (Å²) in [6.45, 7) is 6.40. The molecule has 0 aromatic heterocycles. The van der Waals surface area contributed by atoms with Crippen molar-refractivity contribution >= 4 is 23.5 Å². The van der Waals surface area contributed by atoms with Crippen LogP contribution in [0.4, 0.5) is 5.69 Å². The van der Waals surface area contributed by atoms with Crippen LogP contribution in [0.2, 0.25) is 0 Å². The molecular weight excluding hydrogens is 348 g/mol. The fourth-order valence-corrected chi connectivity index (χ4v) is 2.92. The van der Waals surface area contributed by atoms with E-state index in [0.29, 0.717) is 37.4 Å². The van der Waals surface area contributed by atoms with E-state index >= 15 is 0 Å². The molecule has 1 aromatic rings. The highest BCUT2D eigenvalue weighted by Gasteiger charge is 2.33. The van der Waals surface area contributed by atoms with Crippen molar-refractivity contribution in [2.75, 3.05) is 32.1 Å². The van der Waals surface area contributed by atoms with Gasteiger partial charge in [-0.05, 0) is 37.1 Å². The molecule has 7 nitrogen and oxygen atoms in total. The molecular formula is C20H28N2O5. The Morgan fingerprint density at radius 3 is 2.22 bits per heavy atom. The molecule has 148 valence electrons. The molecule has 0 spiro atoms. The summed E-state index contributed by atoms with van der Waals surface area (Å²) in [5.74, 6) is -0.275. The van der Waals surface area contributed by atoms with Crippen LogP contribution < -0.4 is 10.1 Å². The lowest BCUT2D eigenvalue weighted by atomic mass is 9.91. The summed E-state index contributed by atoms with van der Waals surface area (Å²) in [4.78, 5) is 38.2. The fraction of sp³-hybridized carbons (Fsp3) is 0.550. The van der Waals surface area contributed by atoms with Crippen molar-refractivity contribution in [2.45, 2.75) is 33.6 Å². The van der Waals surface area contributed by atoms with Crippen LogP contribution in [0.25, 0.3) is 0 Å². The Bertz CT molecular complexity index is 671. The van der Waals surface area contributed by atoms with Gasteiger partial charge in [-0.3, -0.25) is 14.4 Å². The van der Waals surface area contributed by atoms with E-state index in [2.05, 4.69) is 5.32 Å². The van der Waals surface area contributed by atoms with Crippen LogP contribution in [-0.4, -0.2) is 49.5 Å². The second kappa shape index (κ2) is 8.88. The maximum Gasteiger partial charge on any atom is 0.309 e. The second-order valence-corrected chi connectivity index (χ2v) is 7.70. The number of benzene rings is 1. The number of esters is 1. The zero-order valence-corrected chi connectivity index (χ0v) is 16.4. The minimum atomic E-state index is -0.424. The molecule has 1 aliphatic heterocycles. The molecule has 2 amide bonds. The van der Waals surface area contributed by atoms with Gasteiger partial charge in [-0.2, -0.15) is 0 Å². The zero-order valence-electron chi connectivity index (χ0n) is 16.4. The van der Waals surface area contributed by atoms with E-state index in [1.54, 1.807) is 36.3 Å². The topological polar surface area (TPSA) is 84.9 Å². The highest BCUT2D eigenvalue weighted by Crippen LogP contribution is 2.24. The van der Waals surface area contributed by atoms with E-state index in [1.807, 2.05) is 20.8 Å². The molecule has 1 aliphatic rings. The number of hydrogen-bond donors (Lipinski definition) is 1. The number of carbonyl (C=O) groups is 3. The molecule has 0 unspecified atom stereocenters. The predicted octanol–water partition coefficient (Wildman–Crippen LogP) is 2.46. The van der Waals surface area contributed by atoms with Crippen LogP contribution in [0.5, 0.6) is 5.75 Å². The monoisotopic (exact) mass is 376 g/mol. The third-order valence-corrected chi connectivity index (χ3v) is 4.48. The Morgan fingerprint density at radius 1 is 1.11 bits per heavy atom. The van der Waals surface area contributed by atoms with Crippen LogP contribution in [0.3, 0.4) is 0 Å². The third-order valence-electron chi connectivity index (χ3n) is 4.48. The largest absolute Gasteiger partial charge is 0.497 e. The molecule has 0 saturated carbocycles. The first-order valence-corrected chi connectivity index (χ1v) is 9.10. The van der Waals surface area contributed by atoms with Gasteiger partial charge in [-0.15, -0.1) is 0 Å². The number of piperidine rings is 1. The molecule has 7 heteroatoms. The van der Waals surface area contributed by atoms with Gasteiger partial charge < -0.3 is 19.7 Å². The van der Waals surface area contributed by atoms with Crippen molar-refractivity contribution in [1.29, 1.82) is 0 Å². The molecule has 0 aliphatic carbocycles. The quantitative estimate of drug-likeness (QED) is 0.798. The smallest absolute Gasteiger partial charge is 0.309 e. The first kappa shape index (κ1) is 20.7. The Hall–Kier alpha value is -2.57. The number of anilines is 1. The highest BCUT2D eigenvalue weighted by atomic mass is 16.5. The number of methoxy groups -OCH3 is 1. The van der Waals surface area contributed by atoms with E-state index in [1.165, 1.54) is 0 Å². The van der Waals surface area contributed by atoms with Crippen molar-refractivity contribution < 1.29 is 23.9 Å². The number of likely N-dealkylation sites (tertiary alicyclic amines) is 1. The van der Waals surface area contributed by atoms with Gasteiger partial charge in [0.1, 0.15) is 5.75 Å². The summed E-state index contributed by atoms with van der Waals surface area (Å²) in [5, 5.41) is 2.67. The van der Waals surface area contributed by atoms with Crippen LogP contribution >= 0.6 is 0 Å². The molecule has 0 atom stereocenters. The average Bonchev–Trinajstić information content (AvgIpc) is 2.65. The number of ether oxygens (including phenoxy) is 2. The zero-order chi connectivity index (χ0) is 20.0.